The van der Waals surface area contributed by atoms with E-state index >= 15 is 0 Å². The third-order valence-corrected chi connectivity index (χ3v) is 13.5. The topological polar surface area (TPSA) is 78.9 Å². The first-order valence-corrected chi connectivity index (χ1v) is 28.6. The molecule has 0 saturated heterocycles. The lowest BCUT2D eigenvalue weighted by molar-refractivity contribution is -0.167. The Kier molecular flexibility index (Phi) is 48.1. The van der Waals surface area contributed by atoms with E-state index in [9.17, 15) is 14.4 Å². The number of ether oxygens (including phenoxy) is 3. The molecule has 380 valence electrons. The molecule has 0 radical (unpaired) electrons. The average molecular weight is 906 g/mol. The summed E-state index contributed by atoms with van der Waals surface area (Å²) in [5.74, 6) is 1.70. The minimum Gasteiger partial charge on any atom is -0.462 e. The highest BCUT2D eigenvalue weighted by atomic mass is 16.6. The summed E-state index contributed by atoms with van der Waals surface area (Å²) in [6.45, 7) is 13.8. The van der Waals surface area contributed by atoms with Gasteiger partial charge >= 0.3 is 17.9 Å². The number of carbonyl (C=O) groups excluding carboxylic acids is 3. The molecule has 0 bridgehead atoms. The second kappa shape index (κ2) is 49.3. The van der Waals surface area contributed by atoms with Gasteiger partial charge in [-0.2, -0.15) is 0 Å². The Hall–Kier alpha value is -1.59. The van der Waals surface area contributed by atoms with Crippen LogP contribution in [0.15, 0.2) is 0 Å². The summed E-state index contributed by atoms with van der Waals surface area (Å²) in [6.07, 6.45) is 50.9. The molecular weight excluding hydrogens is 793 g/mol. The molecule has 6 nitrogen and oxygen atoms in total. The van der Waals surface area contributed by atoms with Gasteiger partial charge in [0.2, 0.25) is 0 Å². The van der Waals surface area contributed by atoms with Crippen molar-refractivity contribution in [2.75, 3.05) is 13.2 Å². The summed E-state index contributed by atoms with van der Waals surface area (Å²) < 4.78 is 16.9. The van der Waals surface area contributed by atoms with Crippen molar-refractivity contribution in [1.82, 2.24) is 0 Å². The number of hydrogen-bond donors (Lipinski definition) is 0. The van der Waals surface area contributed by atoms with E-state index in [-0.39, 0.29) is 31.1 Å². The van der Waals surface area contributed by atoms with Crippen LogP contribution < -0.4 is 0 Å². The zero-order valence-corrected chi connectivity index (χ0v) is 44.1. The highest BCUT2D eigenvalue weighted by Crippen LogP contribution is 2.19. The van der Waals surface area contributed by atoms with Crippen LogP contribution in [0, 0.1) is 17.8 Å². The molecular formula is C58H112O6. The first-order chi connectivity index (χ1) is 31.1. The van der Waals surface area contributed by atoms with Gasteiger partial charge in [0.15, 0.2) is 6.10 Å². The summed E-state index contributed by atoms with van der Waals surface area (Å²) >= 11 is 0. The van der Waals surface area contributed by atoms with Gasteiger partial charge in [0, 0.05) is 19.3 Å². The second-order valence-corrected chi connectivity index (χ2v) is 21.1. The molecule has 64 heavy (non-hydrogen) atoms. The van der Waals surface area contributed by atoms with E-state index in [1.807, 2.05) is 0 Å². The minimum absolute atomic E-state index is 0.0638. The van der Waals surface area contributed by atoms with Crippen molar-refractivity contribution in [3.05, 3.63) is 0 Å². The van der Waals surface area contributed by atoms with Crippen molar-refractivity contribution in [3.8, 4) is 0 Å². The summed E-state index contributed by atoms with van der Waals surface area (Å²) in [7, 11) is 0. The molecule has 1 unspecified atom stereocenters. The Morgan fingerprint density at radius 2 is 0.547 bits per heavy atom. The standard InChI is InChI=1S/C58H112O6/c1-7-54(6)46-40-34-28-22-16-12-8-9-13-17-23-29-35-41-47-56(59)62-50-55(51-63-57(60)48-42-36-30-25-19-21-27-33-39-45-53(4)5)64-58(61)49-43-37-31-24-18-14-10-11-15-20-26-32-38-44-52(2)3/h52-55H,7-51H2,1-6H3/t54?,55-/m1/s1. The fourth-order valence-corrected chi connectivity index (χ4v) is 8.79. The van der Waals surface area contributed by atoms with Crippen molar-refractivity contribution in [3.63, 3.8) is 0 Å². The summed E-state index contributed by atoms with van der Waals surface area (Å²) in [6, 6.07) is 0. The van der Waals surface area contributed by atoms with Crippen LogP contribution in [0.3, 0.4) is 0 Å². The Labute approximate surface area is 399 Å². The van der Waals surface area contributed by atoms with E-state index in [1.54, 1.807) is 0 Å². The van der Waals surface area contributed by atoms with Crippen LogP contribution in [-0.4, -0.2) is 37.2 Å². The number of unbranched alkanes of at least 4 members (excludes halogenated alkanes) is 33. The van der Waals surface area contributed by atoms with Gasteiger partial charge in [0.1, 0.15) is 13.2 Å². The van der Waals surface area contributed by atoms with E-state index in [0.29, 0.717) is 19.3 Å². The molecule has 6 heteroatoms. The molecule has 0 fully saturated rings. The molecule has 0 heterocycles. The normalized spacial score (nSPS) is 12.6. The first kappa shape index (κ1) is 62.4. The second-order valence-electron chi connectivity index (χ2n) is 21.1. The van der Waals surface area contributed by atoms with Crippen molar-refractivity contribution >= 4 is 17.9 Å². The lowest BCUT2D eigenvalue weighted by Crippen LogP contribution is -2.30. The molecule has 2 atom stereocenters. The van der Waals surface area contributed by atoms with E-state index in [2.05, 4.69) is 41.5 Å². The molecule has 0 aromatic carbocycles. The lowest BCUT2D eigenvalue weighted by Gasteiger charge is -2.18. The van der Waals surface area contributed by atoms with Gasteiger partial charge in [-0.25, -0.2) is 0 Å². The molecule has 0 aliphatic carbocycles. The maximum atomic E-state index is 12.8. The molecule has 0 N–H and O–H groups in total. The summed E-state index contributed by atoms with van der Waals surface area (Å²) in [4.78, 5) is 38.1. The number of hydrogen-bond acceptors (Lipinski definition) is 6. The van der Waals surface area contributed by atoms with Gasteiger partial charge in [-0.15, -0.1) is 0 Å². The zero-order chi connectivity index (χ0) is 47.0. The van der Waals surface area contributed by atoms with Crippen LogP contribution in [0.4, 0.5) is 0 Å². The largest absolute Gasteiger partial charge is 0.462 e. The fourth-order valence-electron chi connectivity index (χ4n) is 8.79. The van der Waals surface area contributed by atoms with Crippen molar-refractivity contribution < 1.29 is 28.6 Å². The van der Waals surface area contributed by atoms with Crippen LogP contribution >= 0.6 is 0 Å². The van der Waals surface area contributed by atoms with E-state index in [1.165, 1.54) is 199 Å². The maximum absolute atomic E-state index is 12.8. The van der Waals surface area contributed by atoms with Crippen molar-refractivity contribution in [2.45, 2.75) is 324 Å². The van der Waals surface area contributed by atoms with Crippen molar-refractivity contribution in [2.24, 2.45) is 17.8 Å². The predicted octanol–water partition coefficient (Wildman–Crippen LogP) is 18.7. The molecule has 0 aromatic rings. The average Bonchev–Trinajstić information content (AvgIpc) is 3.27. The Morgan fingerprint density at radius 1 is 0.312 bits per heavy atom. The Balaban J connectivity index is 4.29. The van der Waals surface area contributed by atoms with Gasteiger partial charge in [0.05, 0.1) is 0 Å². The van der Waals surface area contributed by atoms with Crippen molar-refractivity contribution in [1.29, 1.82) is 0 Å². The van der Waals surface area contributed by atoms with Gasteiger partial charge in [-0.3, -0.25) is 14.4 Å². The maximum Gasteiger partial charge on any atom is 0.306 e. The fraction of sp³-hybridized carbons (Fsp3) is 0.948. The zero-order valence-electron chi connectivity index (χ0n) is 44.1. The van der Waals surface area contributed by atoms with Crippen LogP contribution in [-0.2, 0) is 28.6 Å². The monoisotopic (exact) mass is 905 g/mol. The van der Waals surface area contributed by atoms with Crippen LogP contribution in [0.5, 0.6) is 0 Å². The molecule has 0 aliphatic heterocycles. The van der Waals surface area contributed by atoms with Gasteiger partial charge in [-0.05, 0) is 37.0 Å². The number of rotatable bonds is 51. The SMILES string of the molecule is CCC(C)CCCCCCCCCCCCCCCCC(=O)OC[C@H](COC(=O)CCCCCCCCCCCC(C)C)OC(=O)CCCCCCCCCCCCCCCC(C)C. The Bertz CT molecular complexity index is 993. The molecule has 0 saturated carbocycles. The van der Waals surface area contributed by atoms with Gasteiger partial charge in [-0.1, -0.05) is 279 Å². The minimum atomic E-state index is -0.763. The highest BCUT2D eigenvalue weighted by Gasteiger charge is 2.19. The van der Waals surface area contributed by atoms with Gasteiger partial charge in [0.25, 0.3) is 0 Å². The van der Waals surface area contributed by atoms with Gasteiger partial charge < -0.3 is 14.2 Å². The molecule has 0 aliphatic rings. The molecule has 0 aromatic heterocycles. The highest BCUT2D eigenvalue weighted by molar-refractivity contribution is 5.71. The van der Waals surface area contributed by atoms with Crippen LogP contribution in [0.25, 0.3) is 0 Å². The first-order valence-electron chi connectivity index (χ1n) is 28.6. The van der Waals surface area contributed by atoms with Crippen LogP contribution in [0.2, 0.25) is 0 Å². The van der Waals surface area contributed by atoms with E-state index in [4.69, 9.17) is 14.2 Å². The Morgan fingerprint density at radius 3 is 0.812 bits per heavy atom. The van der Waals surface area contributed by atoms with E-state index < -0.39 is 6.10 Å². The summed E-state index contributed by atoms with van der Waals surface area (Å²) in [5, 5.41) is 0. The molecule has 0 spiro atoms. The lowest BCUT2D eigenvalue weighted by atomic mass is 9.99. The third kappa shape index (κ3) is 49.8. The molecule has 0 rings (SSSR count). The van der Waals surface area contributed by atoms with Crippen LogP contribution in [0.1, 0.15) is 318 Å². The molecule has 0 amide bonds. The predicted molar refractivity (Wildman–Crippen MR) is 275 cm³/mol. The number of carbonyl (C=O) groups is 3. The smallest absolute Gasteiger partial charge is 0.306 e. The van der Waals surface area contributed by atoms with E-state index in [0.717, 1.165) is 75.5 Å². The quantitative estimate of drug-likeness (QED) is 0.0344. The number of esters is 3. The third-order valence-electron chi connectivity index (χ3n) is 13.5. The summed E-state index contributed by atoms with van der Waals surface area (Å²) in [5.41, 5.74) is 0.